The molecule has 2 aromatic carbocycles. The zero-order valence-electron chi connectivity index (χ0n) is 16.9. The van der Waals surface area contributed by atoms with Crippen LogP contribution in [0, 0.1) is 13.8 Å². The van der Waals surface area contributed by atoms with Gasteiger partial charge < -0.3 is 15.2 Å². The summed E-state index contributed by atoms with van der Waals surface area (Å²) in [5.41, 5.74) is 3.91. The number of urea groups is 1. The van der Waals surface area contributed by atoms with Gasteiger partial charge in [0.2, 0.25) is 0 Å². The Hall–Kier alpha value is -3.87. The van der Waals surface area contributed by atoms with E-state index in [1.807, 2.05) is 26.0 Å². The third kappa shape index (κ3) is 3.34. The molecule has 0 bridgehead atoms. The van der Waals surface area contributed by atoms with Crippen LogP contribution in [0.25, 0.3) is 5.69 Å². The van der Waals surface area contributed by atoms with E-state index in [-0.39, 0.29) is 5.91 Å². The number of nitrogens with zero attached hydrogens (tertiary/aromatic N) is 1. The molecule has 2 heterocycles. The molecule has 1 aromatic heterocycles. The Labute approximate surface area is 174 Å². The van der Waals surface area contributed by atoms with Crippen molar-refractivity contribution >= 4 is 23.5 Å². The van der Waals surface area contributed by atoms with Crippen molar-refractivity contribution in [2.24, 2.45) is 0 Å². The average molecular weight is 402 g/mol. The highest BCUT2D eigenvalue weighted by Gasteiger charge is 2.43. The van der Waals surface area contributed by atoms with Gasteiger partial charge in [0.25, 0.3) is 11.8 Å². The Morgan fingerprint density at radius 2 is 1.50 bits per heavy atom. The third-order valence-corrected chi connectivity index (χ3v) is 5.42. The summed E-state index contributed by atoms with van der Waals surface area (Å²) in [7, 11) is 0. The predicted octanol–water partition coefficient (Wildman–Crippen LogP) is 3.40. The summed E-state index contributed by atoms with van der Waals surface area (Å²) in [6.07, 6.45) is 0. The number of imide groups is 1. The van der Waals surface area contributed by atoms with Crippen LogP contribution in [0.5, 0.6) is 0 Å². The van der Waals surface area contributed by atoms with Crippen LogP contribution >= 0.6 is 0 Å². The van der Waals surface area contributed by atoms with Gasteiger partial charge in [-0.15, -0.1) is 0 Å². The van der Waals surface area contributed by atoms with E-state index in [1.165, 1.54) is 0 Å². The number of anilines is 1. The topological polar surface area (TPSA) is 92.2 Å². The van der Waals surface area contributed by atoms with Crippen molar-refractivity contribution in [1.29, 1.82) is 0 Å². The van der Waals surface area contributed by atoms with Crippen LogP contribution in [-0.2, 0) is 10.3 Å². The number of benzene rings is 2. The first kappa shape index (κ1) is 19.4. The van der Waals surface area contributed by atoms with Gasteiger partial charge in [0, 0.05) is 28.3 Å². The minimum absolute atomic E-state index is 0.228. The predicted molar refractivity (Wildman–Crippen MR) is 114 cm³/mol. The highest BCUT2D eigenvalue weighted by Crippen LogP contribution is 2.26. The van der Waals surface area contributed by atoms with E-state index in [9.17, 15) is 14.4 Å². The second-order valence-corrected chi connectivity index (χ2v) is 7.56. The van der Waals surface area contributed by atoms with E-state index in [2.05, 4.69) is 32.7 Å². The number of nitrogens with one attached hydrogen (secondary N) is 3. The van der Waals surface area contributed by atoms with E-state index in [4.69, 9.17) is 0 Å². The fourth-order valence-corrected chi connectivity index (χ4v) is 3.67. The summed E-state index contributed by atoms with van der Waals surface area (Å²) in [6, 6.07) is 17.8. The quantitative estimate of drug-likeness (QED) is 0.584. The maximum Gasteiger partial charge on any atom is 0.322 e. The van der Waals surface area contributed by atoms with Crippen molar-refractivity contribution < 1.29 is 14.4 Å². The first-order valence-corrected chi connectivity index (χ1v) is 9.59. The molecular formula is C23H22N4O3. The number of hydrogen-bond acceptors (Lipinski definition) is 3. The van der Waals surface area contributed by atoms with Gasteiger partial charge in [-0.25, -0.2) is 4.79 Å². The summed E-state index contributed by atoms with van der Waals surface area (Å²) < 4.78 is 2.12. The fraction of sp³-hybridized carbons (Fsp3) is 0.174. The van der Waals surface area contributed by atoms with Gasteiger partial charge >= 0.3 is 6.03 Å². The summed E-state index contributed by atoms with van der Waals surface area (Å²) in [4.78, 5) is 36.1. The number of aromatic nitrogens is 1. The Bertz CT molecular complexity index is 1130. The summed E-state index contributed by atoms with van der Waals surface area (Å²) in [5.74, 6) is -0.633. The molecule has 1 unspecified atom stereocenters. The lowest BCUT2D eigenvalue weighted by molar-refractivity contribution is -0.123. The molecule has 7 nitrogen and oxygen atoms in total. The molecule has 30 heavy (non-hydrogen) atoms. The van der Waals surface area contributed by atoms with Crippen molar-refractivity contribution in [3.63, 3.8) is 0 Å². The molecule has 1 aliphatic heterocycles. The number of hydrogen-bond donors (Lipinski definition) is 3. The van der Waals surface area contributed by atoms with Gasteiger partial charge in [-0.1, -0.05) is 12.1 Å². The molecule has 1 atom stereocenters. The van der Waals surface area contributed by atoms with Crippen LogP contribution in [0.2, 0.25) is 0 Å². The molecule has 7 heteroatoms. The van der Waals surface area contributed by atoms with Gasteiger partial charge in [-0.2, -0.15) is 0 Å². The Morgan fingerprint density at radius 1 is 0.900 bits per heavy atom. The molecule has 152 valence electrons. The maximum absolute atomic E-state index is 12.6. The molecule has 4 rings (SSSR count). The van der Waals surface area contributed by atoms with Crippen molar-refractivity contribution in [3.05, 3.63) is 83.2 Å². The number of aryl methyl sites for hydroxylation is 2. The Balaban J connectivity index is 1.48. The standard InChI is InChI=1S/C23H22N4O3/c1-14-4-5-15(2)27(14)19-12-6-16(7-13-19)20(28)24-18-10-8-17(9-11-18)23(3)21(29)25-22(30)26-23/h4-13H,1-3H3,(H,24,28)(H2,25,26,29,30). The summed E-state index contributed by atoms with van der Waals surface area (Å²) >= 11 is 0. The zero-order valence-corrected chi connectivity index (χ0v) is 16.9. The lowest BCUT2D eigenvalue weighted by Gasteiger charge is -2.21. The van der Waals surface area contributed by atoms with Crippen LogP contribution in [-0.4, -0.2) is 22.4 Å². The molecule has 0 aliphatic carbocycles. The fourth-order valence-electron chi connectivity index (χ4n) is 3.67. The average Bonchev–Trinajstić information content (AvgIpc) is 3.19. The van der Waals surface area contributed by atoms with E-state index >= 15 is 0 Å². The largest absolute Gasteiger partial charge is 0.322 e. The van der Waals surface area contributed by atoms with Crippen LogP contribution in [0.15, 0.2) is 60.7 Å². The van der Waals surface area contributed by atoms with Crippen LogP contribution in [0.1, 0.15) is 34.2 Å². The first-order chi connectivity index (χ1) is 14.3. The molecule has 1 fully saturated rings. The van der Waals surface area contributed by atoms with Crippen LogP contribution in [0.3, 0.4) is 0 Å². The molecule has 1 saturated heterocycles. The summed E-state index contributed by atoms with van der Waals surface area (Å²) in [6.45, 7) is 5.72. The van der Waals surface area contributed by atoms with Gasteiger partial charge in [0.05, 0.1) is 0 Å². The number of carbonyl (C=O) groups excluding carboxylic acids is 3. The highest BCUT2D eigenvalue weighted by molar-refractivity contribution is 6.07. The van der Waals surface area contributed by atoms with Gasteiger partial charge in [-0.05, 0) is 74.9 Å². The van der Waals surface area contributed by atoms with E-state index in [0.717, 1.165) is 17.1 Å². The van der Waals surface area contributed by atoms with Crippen molar-refractivity contribution in [2.75, 3.05) is 5.32 Å². The molecule has 3 aromatic rings. The number of rotatable bonds is 4. The van der Waals surface area contributed by atoms with E-state index < -0.39 is 17.5 Å². The Morgan fingerprint density at radius 3 is 2.03 bits per heavy atom. The molecule has 4 amide bonds. The monoisotopic (exact) mass is 402 g/mol. The van der Waals surface area contributed by atoms with Gasteiger partial charge in [-0.3, -0.25) is 14.9 Å². The second kappa shape index (κ2) is 7.18. The normalized spacial score (nSPS) is 18.1. The smallest absolute Gasteiger partial charge is 0.322 e. The minimum Gasteiger partial charge on any atom is -0.322 e. The SMILES string of the molecule is Cc1ccc(C)n1-c1ccc(C(=O)Nc2ccc(C3(C)NC(=O)NC3=O)cc2)cc1. The second-order valence-electron chi connectivity index (χ2n) is 7.56. The number of carbonyl (C=O) groups is 3. The molecule has 0 radical (unpaired) electrons. The minimum atomic E-state index is -1.12. The molecule has 0 saturated carbocycles. The van der Waals surface area contributed by atoms with Crippen LogP contribution in [0.4, 0.5) is 10.5 Å². The van der Waals surface area contributed by atoms with Crippen molar-refractivity contribution in [1.82, 2.24) is 15.2 Å². The van der Waals surface area contributed by atoms with Gasteiger partial charge in [0.1, 0.15) is 5.54 Å². The number of amides is 4. The molecular weight excluding hydrogens is 380 g/mol. The van der Waals surface area contributed by atoms with Crippen molar-refractivity contribution in [2.45, 2.75) is 26.3 Å². The summed E-state index contributed by atoms with van der Waals surface area (Å²) in [5, 5.41) is 7.71. The maximum atomic E-state index is 12.6. The van der Waals surface area contributed by atoms with Crippen molar-refractivity contribution in [3.8, 4) is 5.69 Å². The van der Waals surface area contributed by atoms with Crippen LogP contribution < -0.4 is 16.0 Å². The first-order valence-electron chi connectivity index (χ1n) is 9.59. The molecule has 1 aliphatic rings. The third-order valence-electron chi connectivity index (χ3n) is 5.42. The Kier molecular flexibility index (Phi) is 4.66. The van der Waals surface area contributed by atoms with E-state index in [0.29, 0.717) is 16.8 Å². The van der Waals surface area contributed by atoms with Gasteiger partial charge in [0.15, 0.2) is 0 Å². The lowest BCUT2D eigenvalue weighted by atomic mass is 9.92. The molecule has 0 spiro atoms. The highest BCUT2D eigenvalue weighted by atomic mass is 16.2. The lowest BCUT2D eigenvalue weighted by Crippen LogP contribution is -2.40. The molecule has 3 N–H and O–H groups in total. The van der Waals surface area contributed by atoms with E-state index in [1.54, 1.807) is 43.3 Å². The zero-order chi connectivity index (χ0) is 21.5.